The molecule has 6 rings (SSSR count). The van der Waals surface area contributed by atoms with E-state index in [9.17, 15) is 29.2 Å². The summed E-state index contributed by atoms with van der Waals surface area (Å²) in [5.41, 5.74) is 1.01. The van der Waals surface area contributed by atoms with Gasteiger partial charge in [0.15, 0.2) is 26.6 Å². The molecule has 19 heteroatoms. The Kier molecular flexibility index (Phi) is 12.9. The Labute approximate surface area is 364 Å². The van der Waals surface area contributed by atoms with Gasteiger partial charge in [0.25, 0.3) is 11.8 Å². The molecule has 2 fully saturated rings. The SMILES string of the molecule is CC(C)(C)OC(=O)N(CCC1CN(c2cnc3c(n2)NC(=O)CO3)C(=O)O1)CC1Cc2cc(NC(=O)[C@H]3CC(O[Si](C)(C)C(C)(C)C)CN3C(=O)OC(C)(C)C)cc(C#N)c2C1. The Hall–Kier alpha value is -5.48. The van der Waals surface area contributed by atoms with Crippen molar-refractivity contribution < 1.29 is 47.3 Å². The van der Waals surface area contributed by atoms with E-state index >= 15 is 0 Å². The van der Waals surface area contributed by atoms with E-state index in [0.29, 0.717) is 43.5 Å². The van der Waals surface area contributed by atoms with Gasteiger partial charge in [-0.05, 0) is 102 Å². The van der Waals surface area contributed by atoms with Crippen molar-refractivity contribution in [2.75, 3.05) is 48.3 Å². The van der Waals surface area contributed by atoms with Crippen LogP contribution in [0, 0.1) is 17.2 Å². The Bertz CT molecular complexity index is 2140. The minimum atomic E-state index is -2.24. The van der Waals surface area contributed by atoms with Crippen molar-refractivity contribution >= 4 is 55.7 Å². The Morgan fingerprint density at radius 1 is 1.03 bits per heavy atom. The van der Waals surface area contributed by atoms with Gasteiger partial charge in [-0.15, -0.1) is 0 Å². The lowest BCUT2D eigenvalue weighted by atomic mass is 10.0. The second kappa shape index (κ2) is 17.4. The summed E-state index contributed by atoms with van der Waals surface area (Å²) in [4.78, 5) is 78.8. The minimum Gasteiger partial charge on any atom is -0.465 e. The van der Waals surface area contributed by atoms with Crippen LogP contribution in [0.5, 0.6) is 5.88 Å². The molecule has 1 aliphatic carbocycles. The molecule has 2 N–H and O–H groups in total. The van der Waals surface area contributed by atoms with Crippen LogP contribution in [-0.2, 0) is 41.1 Å². The van der Waals surface area contributed by atoms with Crippen LogP contribution >= 0.6 is 0 Å². The number of cyclic esters (lactones) is 1. The highest BCUT2D eigenvalue weighted by molar-refractivity contribution is 6.74. The number of rotatable bonds is 10. The highest BCUT2D eigenvalue weighted by atomic mass is 28.4. The number of anilines is 3. The van der Waals surface area contributed by atoms with E-state index in [1.165, 1.54) is 16.0 Å². The molecule has 62 heavy (non-hydrogen) atoms. The van der Waals surface area contributed by atoms with Crippen LogP contribution < -0.4 is 20.3 Å². The molecular formula is C43H60N8O10Si. The summed E-state index contributed by atoms with van der Waals surface area (Å²) < 4.78 is 29.1. The van der Waals surface area contributed by atoms with Gasteiger partial charge in [0, 0.05) is 38.2 Å². The number of carbonyl (C=O) groups is 5. The molecule has 4 aliphatic rings. The Balaban J connectivity index is 1.13. The summed E-state index contributed by atoms with van der Waals surface area (Å²) in [6.07, 6.45) is 0.282. The average molecular weight is 877 g/mol. The number of nitrogens with one attached hydrogen (secondary N) is 2. The fraction of sp³-hybridized carbons (Fsp3) is 0.628. The maximum Gasteiger partial charge on any atom is 0.415 e. The Morgan fingerprint density at radius 3 is 2.40 bits per heavy atom. The first-order valence-corrected chi connectivity index (χ1v) is 24.0. The maximum absolute atomic E-state index is 14.1. The molecule has 3 unspecified atom stereocenters. The number of aromatic nitrogens is 2. The molecule has 4 heterocycles. The van der Waals surface area contributed by atoms with Crippen molar-refractivity contribution in [2.24, 2.45) is 5.92 Å². The maximum atomic E-state index is 14.1. The predicted octanol–water partition coefficient (Wildman–Crippen LogP) is 6.38. The highest BCUT2D eigenvalue weighted by Gasteiger charge is 2.47. The van der Waals surface area contributed by atoms with Crippen LogP contribution in [0.1, 0.15) is 91.8 Å². The van der Waals surface area contributed by atoms with Gasteiger partial charge in [-0.1, -0.05) is 20.8 Å². The minimum absolute atomic E-state index is 0.0743. The van der Waals surface area contributed by atoms with Gasteiger partial charge >= 0.3 is 18.3 Å². The Morgan fingerprint density at radius 2 is 1.74 bits per heavy atom. The third kappa shape index (κ3) is 10.9. The third-order valence-corrected chi connectivity index (χ3v) is 16.1. The first-order valence-electron chi connectivity index (χ1n) is 21.1. The predicted molar refractivity (Wildman–Crippen MR) is 230 cm³/mol. The van der Waals surface area contributed by atoms with E-state index in [0.717, 1.165) is 11.1 Å². The first-order chi connectivity index (χ1) is 28.8. The van der Waals surface area contributed by atoms with Crippen molar-refractivity contribution in [1.82, 2.24) is 19.8 Å². The molecule has 4 atom stereocenters. The number of benzene rings is 1. The summed E-state index contributed by atoms with van der Waals surface area (Å²) in [5, 5.41) is 15.8. The van der Waals surface area contributed by atoms with E-state index in [4.69, 9.17) is 23.4 Å². The average Bonchev–Trinajstić information content (AvgIpc) is 3.87. The third-order valence-electron chi connectivity index (χ3n) is 11.5. The number of fused-ring (bicyclic) bond motifs is 2. The topological polar surface area (TPSA) is 215 Å². The zero-order chi connectivity index (χ0) is 45.5. The van der Waals surface area contributed by atoms with Gasteiger partial charge in [0.1, 0.15) is 23.3 Å². The van der Waals surface area contributed by atoms with Crippen LogP contribution in [0.4, 0.5) is 31.7 Å². The summed E-state index contributed by atoms with van der Waals surface area (Å²) >= 11 is 0. The van der Waals surface area contributed by atoms with Crippen molar-refractivity contribution in [3.63, 3.8) is 0 Å². The van der Waals surface area contributed by atoms with Gasteiger partial charge in [-0.25, -0.2) is 24.4 Å². The quantitative estimate of drug-likeness (QED) is 0.196. The summed E-state index contributed by atoms with van der Waals surface area (Å²) in [5.74, 6) is -0.439. The molecule has 3 aliphatic heterocycles. The number of ether oxygens (including phenoxy) is 4. The first kappa shape index (κ1) is 46.0. The molecule has 0 spiro atoms. The zero-order valence-corrected chi connectivity index (χ0v) is 38.7. The van der Waals surface area contributed by atoms with Gasteiger partial charge in [-0.2, -0.15) is 5.26 Å². The summed E-state index contributed by atoms with van der Waals surface area (Å²) in [6.45, 7) is 22.1. The molecule has 1 aromatic heterocycles. The summed E-state index contributed by atoms with van der Waals surface area (Å²) in [6, 6.07) is 4.94. The van der Waals surface area contributed by atoms with Gasteiger partial charge < -0.3 is 38.9 Å². The normalized spacial score (nSPS) is 21.3. The van der Waals surface area contributed by atoms with Crippen molar-refractivity contribution in [3.8, 4) is 11.9 Å². The van der Waals surface area contributed by atoms with E-state index in [1.807, 2.05) is 6.07 Å². The van der Waals surface area contributed by atoms with E-state index in [2.05, 4.69) is 60.5 Å². The van der Waals surface area contributed by atoms with Crippen molar-refractivity contribution in [2.45, 2.75) is 136 Å². The molecule has 2 saturated heterocycles. The van der Waals surface area contributed by atoms with Crippen LogP contribution in [0.2, 0.25) is 18.1 Å². The fourth-order valence-electron chi connectivity index (χ4n) is 7.64. The lowest BCUT2D eigenvalue weighted by molar-refractivity contribution is -0.120. The number of nitriles is 1. The number of carbonyl (C=O) groups excluding carboxylic acids is 5. The molecule has 1 aromatic carbocycles. The zero-order valence-electron chi connectivity index (χ0n) is 37.7. The second-order valence-electron chi connectivity index (χ2n) is 20.0. The van der Waals surface area contributed by atoms with E-state index in [1.54, 1.807) is 52.5 Å². The lowest BCUT2D eigenvalue weighted by Crippen LogP contribution is -2.46. The van der Waals surface area contributed by atoms with Crippen LogP contribution in [0.3, 0.4) is 0 Å². The standard InChI is InChI=1S/C43H60N8O10Si/c1-41(2,3)59-38(54)49(13-12-29-22-51(39(55)58-29)33-20-45-37-35(47-33)48-34(52)24-57-37)21-25-14-26-16-28(17-27(19-44)31(26)15-25)46-36(53)32-18-30(61-62(10,11)43(7,8)9)23-50(32)40(56)60-42(4,5)6/h16-17,20,25,29-30,32H,12-15,18,21-24H2,1-11H3,(H,46,53)(H,47,48,52)/t25?,29?,30?,32-/m1/s1. The monoisotopic (exact) mass is 876 g/mol. The second-order valence-corrected chi connectivity index (χ2v) is 24.7. The molecule has 2 aromatic rings. The molecule has 5 amide bonds. The highest BCUT2D eigenvalue weighted by Crippen LogP contribution is 2.40. The molecule has 0 radical (unpaired) electrons. The molecule has 0 bridgehead atoms. The van der Waals surface area contributed by atoms with Crippen molar-refractivity contribution in [3.05, 3.63) is 35.0 Å². The van der Waals surface area contributed by atoms with Crippen LogP contribution in [0.25, 0.3) is 0 Å². The van der Waals surface area contributed by atoms with Gasteiger partial charge in [-0.3, -0.25) is 19.4 Å². The van der Waals surface area contributed by atoms with Crippen molar-refractivity contribution in [1.29, 1.82) is 5.26 Å². The van der Waals surface area contributed by atoms with Gasteiger partial charge in [0.05, 0.1) is 30.5 Å². The summed E-state index contributed by atoms with van der Waals surface area (Å²) in [7, 11) is -2.24. The molecule has 336 valence electrons. The van der Waals surface area contributed by atoms with Crippen LogP contribution in [0.15, 0.2) is 18.3 Å². The molecule has 0 saturated carbocycles. The molecular weight excluding hydrogens is 817 g/mol. The number of likely N-dealkylation sites (tertiary alicyclic amines) is 1. The number of hydrogen-bond acceptors (Lipinski definition) is 13. The number of nitrogens with zero attached hydrogens (tertiary/aromatic N) is 6. The van der Waals surface area contributed by atoms with Gasteiger partial charge in [0.2, 0.25) is 5.91 Å². The van der Waals surface area contributed by atoms with Crippen LogP contribution in [-0.4, -0.2) is 120 Å². The number of amides is 5. The largest absolute Gasteiger partial charge is 0.465 e. The van der Waals surface area contributed by atoms with E-state index < -0.39 is 55.9 Å². The fourth-order valence-corrected chi connectivity index (χ4v) is 9.00. The smallest absolute Gasteiger partial charge is 0.415 e. The van der Waals surface area contributed by atoms with E-state index in [-0.39, 0.29) is 66.7 Å². The molecule has 18 nitrogen and oxygen atoms in total. The number of hydrogen-bond donors (Lipinski definition) is 2. The lowest BCUT2D eigenvalue weighted by Gasteiger charge is -2.38.